The lowest BCUT2D eigenvalue weighted by Crippen LogP contribution is -2.42. The van der Waals surface area contributed by atoms with Crippen LogP contribution in [0.2, 0.25) is 0 Å². The monoisotopic (exact) mass is 245 g/mol. The summed E-state index contributed by atoms with van der Waals surface area (Å²) in [5.41, 5.74) is -0.262. The van der Waals surface area contributed by atoms with Gasteiger partial charge in [-0.05, 0) is 18.4 Å². The van der Waals surface area contributed by atoms with Gasteiger partial charge in [-0.25, -0.2) is 0 Å². The Labute approximate surface area is 99.0 Å². The number of carbonyl (C=O) groups is 1. The fourth-order valence-electron chi connectivity index (χ4n) is 1.14. The Morgan fingerprint density at radius 3 is 2.53 bits per heavy atom. The van der Waals surface area contributed by atoms with Gasteiger partial charge in [0.05, 0.1) is 0 Å². The predicted molar refractivity (Wildman–Crippen MR) is 59.9 cm³/mol. The van der Waals surface area contributed by atoms with Gasteiger partial charge in [0, 0.05) is 12.2 Å². The number of hydrogen-bond donors (Lipinski definition) is 1. The molecule has 0 spiro atoms. The molecule has 0 fully saturated rings. The van der Waals surface area contributed by atoms with E-state index in [0.29, 0.717) is 4.68 Å². The van der Waals surface area contributed by atoms with Crippen LogP contribution in [0.15, 0.2) is 12.3 Å². The lowest BCUT2D eigenvalue weighted by atomic mass is 9.88. The molecule has 1 aromatic heterocycles. The predicted octanol–water partition coefficient (Wildman–Crippen LogP) is 2.44. The molecule has 1 rings (SSSR count). The average molecular weight is 245 g/mol. The Morgan fingerprint density at radius 1 is 1.47 bits per heavy atom. The van der Waals surface area contributed by atoms with Crippen molar-refractivity contribution in [2.45, 2.75) is 40.3 Å². The molecule has 0 saturated heterocycles. The van der Waals surface area contributed by atoms with Crippen LogP contribution in [0.4, 0.5) is 8.78 Å². The van der Waals surface area contributed by atoms with E-state index in [1.807, 2.05) is 27.7 Å². The topological polar surface area (TPSA) is 46.9 Å². The molecule has 0 bridgehead atoms. The van der Waals surface area contributed by atoms with Crippen molar-refractivity contribution in [3.63, 3.8) is 0 Å². The Balaban J connectivity index is 2.81. The minimum absolute atomic E-state index is 0.129. The van der Waals surface area contributed by atoms with Gasteiger partial charge in [-0.1, -0.05) is 20.8 Å². The van der Waals surface area contributed by atoms with Gasteiger partial charge in [-0.2, -0.15) is 18.6 Å². The second kappa shape index (κ2) is 4.81. The summed E-state index contributed by atoms with van der Waals surface area (Å²) >= 11 is 0. The maximum atomic E-state index is 12.5. The van der Waals surface area contributed by atoms with E-state index in [0.717, 1.165) is 0 Å². The molecule has 1 N–H and O–H groups in total. The van der Waals surface area contributed by atoms with Crippen LogP contribution in [-0.4, -0.2) is 21.7 Å². The normalized spacial score (nSPS) is 13.8. The van der Waals surface area contributed by atoms with Gasteiger partial charge in [0.15, 0.2) is 0 Å². The highest BCUT2D eigenvalue weighted by Gasteiger charge is 2.24. The molecular formula is C11H17F2N3O. The summed E-state index contributed by atoms with van der Waals surface area (Å²) in [4.78, 5) is 11.8. The highest BCUT2D eigenvalue weighted by atomic mass is 19.3. The van der Waals surface area contributed by atoms with E-state index >= 15 is 0 Å². The number of amides is 1. The minimum Gasteiger partial charge on any atom is -0.348 e. The van der Waals surface area contributed by atoms with Crippen molar-refractivity contribution in [1.29, 1.82) is 0 Å². The first-order valence-electron chi connectivity index (χ1n) is 5.36. The molecule has 6 heteroatoms. The average Bonchev–Trinajstić information content (AvgIpc) is 2.63. The summed E-state index contributed by atoms with van der Waals surface area (Å²) in [5, 5.41) is 6.10. The summed E-state index contributed by atoms with van der Waals surface area (Å²) in [6.45, 7) is 4.91. The summed E-state index contributed by atoms with van der Waals surface area (Å²) < 4.78 is 25.4. The molecule has 96 valence electrons. The Kier molecular flexibility index (Phi) is 3.85. The Hall–Kier alpha value is -1.46. The van der Waals surface area contributed by atoms with Gasteiger partial charge in [-0.3, -0.25) is 4.79 Å². The zero-order valence-electron chi connectivity index (χ0n) is 10.4. The van der Waals surface area contributed by atoms with Gasteiger partial charge >= 0.3 is 6.55 Å². The Bertz CT molecular complexity index is 396. The fourth-order valence-corrected chi connectivity index (χ4v) is 1.14. The molecule has 0 saturated carbocycles. The third-order valence-electron chi connectivity index (χ3n) is 2.73. The number of hydrogen-bond acceptors (Lipinski definition) is 2. The van der Waals surface area contributed by atoms with Crippen molar-refractivity contribution in [3.8, 4) is 0 Å². The first-order chi connectivity index (χ1) is 7.73. The van der Waals surface area contributed by atoms with Crippen LogP contribution in [0.1, 0.15) is 44.7 Å². The zero-order chi connectivity index (χ0) is 13.2. The summed E-state index contributed by atoms with van der Waals surface area (Å²) in [6.07, 6.45) is 1.18. The largest absolute Gasteiger partial charge is 0.348 e. The van der Waals surface area contributed by atoms with Gasteiger partial charge in [-0.15, -0.1) is 0 Å². The van der Waals surface area contributed by atoms with E-state index in [1.54, 1.807) is 0 Å². The second-order valence-electron chi connectivity index (χ2n) is 5.00. The van der Waals surface area contributed by atoms with Crippen molar-refractivity contribution >= 4 is 5.91 Å². The maximum Gasteiger partial charge on any atom is 0.333 e. The lowest BCUT2D eigenvalue weighted by molar-refractivity contribution is 0.0503. The van der Waals surface area contributed by atoms with Crippen molar-refractivity contribution in [2.24, 2.45) is 5.41 Å². The van der Waals surface area contributed by atoms with E-state index in [-0.39, 0.29) is 17.2 Å². The van der Waals surface area contributed by atoms with Crippen molar-refractivity contribution in [2.75, 3.05) is 0 Å². The van der Waals surface area contributed by atoms with Crippen molar-refractivity contribution in [1.82, 2.24) is 15.1 Å². The Morgan fingerprint density at radius 2 is 2.06 bits per heavy atom. The molecule has 17 heavy (non-hydrogen) atoms. The van der Waals surface area contributed by atoms with Crippen LogP contribution < -0.4 is 5.32 Å². The number of alkyl halides is 2. The summed E-state index contributed by atoms with van der Waals surface area (Å²) in [6, 6.07) is 1.15. The molecule has 0 aliphatic heterocycles. The van der Waals surface area contributed by atoms with Crippen LogP contribution in [0, 0.1) is 5.41 Å². The van der Waals surface area contributed by atoms with Crippen LogP contribution in [0.5, 0.6) is 0 Å². The molecule has 0 aromatic carbocycles. The molecule has 0 aliphatic rings. The van der Waals surface area contributed by atoms with Gasteiger partial charge in [0.1, 0.15) is 5.69 Å². The smallest absolute Gasteiger partial charge is 0.333 e. The van der Waals surface area contributed by atoms with E-state index < -0.39 is 12.5 Å². The van der Waals surface area contributed by atoms with E-state index in [2.05, 4.69) is 10.4 Å². The first-order valence-corrected chi connectivity index (χ1v) is 5.36. The first kappa shape index (κ1) is 13.6. The number of nitrogens with one attached hydrogen (secondary N) is 1. The number of rotatable bonds is 3. The number of nitrogens with zero attached hydrogens (tertiary/aromatic N) is 2. The molecule has 0 unspecified atom stereocenters. The van der Waals surface area contributed by atoms with Gasteiger partial charge < -0.3 is 5.32 Å². The lowest BCUT2D eigenvalue weighted by Gasteiger charge is -2.28. The number of aromatic nitrogens is 2. The fraction of sp³-hybridized carbons (Fsp3) is 0.636. The quantitative estimate of drug-likeness (QED) is 0.889. The summed E-state index contributed by atoms with van der Waals surface area (Å²) in [7, 11) is 0. The highest BCUT2D eigenvalue weighted by Crippen LogP contribution is 2.19. The minimum atomic E-state index is -2.81. The molecule has 1 atom stereocenters. The molecule has 0 aliphatic carbocycles. The van der Waals surface area contributed by atoms with Crippen LogP contribution >= 0.6 is 0 Å². The second-order valence-corrected chi connectivity index (χ2v) is 5.00. The molecular weight excluding hydrogens is 228 g/mol. The van der Waals surface area contributed by atoms with Crippen LogP contribution in [0.3, 0.4) is 0 Å². The zero-order valence-corrected chi connectivity index (χ0v) is 10.4. The summed E-state index contributed by atoms with van der Waals surface area (Å²) in [5.74, 6) is -0.537. The van der Waals surface area contributed by atoms with Crippen LogP contribution in [-0.2, 0) is 0 Å². The SMILES string of the molecule is C[C@@H](NC(=O)c1ccnn1C(F)F)C(C)(C)C. The van der Waals surface area contributed by atoms with Crippen molar-refractivity contribution in [3.05, 3.63) is 18.0 Å². The van der Waals surface area contributed by atoms with Gasteiger partial charge in [0.25, 0.3) is 5.91 Å². The number of halogens is 2. The third kappa shape index (κ3) is 3.25. The highest BCUT2D eigenvalue weighted by molar-refractivity contribution is 5.92. The molecule has 0 radical (unpaired) electrons. The molecule has 1 amide bonds. The molecule has 4 nitrogen and oxygen atoms in total. The van der Waals surface area contributed by atoms with E-state index in [9.17, 15) is 13.6 Å². The van der Waals surface area contributed by atoms with E-state index in [1.165, 1.54) is 12.3 Å². The maximum absolute atomic E-state index is 12.5. The van der Waals surface area contributed by atoms with Gasteiger partial charge in [0.2, 0.25) is 0 Å². The van der Waals surface area contributed by atoms with E-state index in [4.69, 9.17) is 0 Å². The van der Waals surface area contributed by atoms with Crippen molar-refractivity contribution < 1.29 is 13.6 Å². The van der Waals surface area contributed by atoms with Crippen LogP contribution in [0.25, 0.3) is 0 Å². The molecule has 1 heterocycles. The third-order valence-corrected chi connectivity index (χ3v) is 2.73. The standard InChI is InChI=1S/C11H17F2N3O/c1-7(11(2,3)4)15-9(17)8-5-6-14-16(8)10(12)13/h5-7,10H,1-4H3,(H,15,17)/t7-/m1/s1. The number of carbonyl (C=O) groups excluding carboxylic acids is 1. The molecule has 1 aromatic rings.